The van der Waals surface area contributed by atoms with Crippen molar-refractivity contribution in [3.8, 4) is 0 Å². The molecule has 2 aromatic rings. The summed E-state index contributed by atoms with van der Waals surface area (Å²) in [5.41, 5.74) is 1.51. The van der Waals surface area contributed by atoms with Gasteiger partial charge in [0.1, 0.15) is 5.76 Å². The number of nitrogens with zero attached hydrogens (tertiary/aromatic N) is 3. The van der Waals surface area contributed by atoms with E-state index in [4.69, 9.17) is 4.42 Å². The van der Waals surface area contributed by atoms with Gasteiger partial charge in [-0.15, -0.1) is 35.3 Å². The average Bonchev–Trinajstić information content (AvgIpc) is 3.45. The zero-order valence-electron chi connectivity index (χ0n) is 17.8. The number of fused-ring (bicyclic) bond motifs is 1. The first-order valence-corrected chi connectivity index (χ1v) is 11.7. The third-order valence-electron chi connectivity index (χ3n) is 6.00. The highest BCUT2D eigenvalue weighted by Crippen LogP contribution is 2.25. The fourth-order valence-electron chi connectivity index (χ4n) is 4.36. The molecule has 0 saturated carbocycles. The molecule has 0 aromatic carbocycles. The van der Waals surface area contributed by atoms with Gasteiger partial charge in [0.25, 0.3) is 0 Å². The molecule has 0 spiro atoms. The summed E-state index contributed by atoms with van der Waals surface area (Å²) in [6.07, 6.45) is 6.83. The second-order valence-electron chi connectivity index (χ2n) is 7.90. The van der Waals surface area contributed by atoms with Gasteiger partial charge in [0.15, 0.2) is 5.96 Å². The number of likely N-dealkylation sites (tertiary alicyclic amines) is 1. The largest absolute Gasteiger partial charge is 0.468 e. The quantitative estimate of drug-likeness (QED) is 0.317. The van der Waals surface area contributed by atoms with Crippen molar-refractivity contribution in [3.63, 3.8) is 0 Å². The summed E-state index contributed by atoms with van der Waals surface area (Å²) < 4.78 is 5.75. The number of rotatable bonds is 7. The fourth-order valence-corrected chi connectivity index (χ4v) is 5.25. The van der Waals surface area contributed by atoms with Crippen molar-refractivity contribution in [2.24, 2.45) is 4.99 Å². The summed E-state index contributed by atoms with van der Waals surface area (Å²) in [6, 6.07) is 6.60. The summed E-state index contributed by atoms with van der Waals surface area (Å²) in [5, 5.41) is 9.23. The van der Waals surface area contributed by atoms with E-state index in [1.54, 1.807) is 11.1 Å². The molecule has 4 rings (SSSR count). The van der Waals surface area contributed by atoms with Crippen LogP contribution in [0, 0.1) is 0 Å². The van der Waals surface area contributed by atoms with Crippen LogP contribution in [0.15, 0.2) is 39.3 Å². The summed E-state index contributed by atoms with van der Waals surface area (Å²) in [4.78, 5) is 11.0. The van der Waals surface area contributed by atoms with Gasteiger partial charge >= 0.3 is 0 Å². The van der Waals surface area contributed by atoms with E-state index >= 15 is 0 Å². The minimum absolute atomic E-state index is 0. The van der Waals surface area contributed by atoms with Gasteiger partial charge in [-0.05, 0) is 61.5 Å². The second kappa shape index (κ2) is 12.1. The first-order valence-electron chi connectivity index (χ1n) is 10.8. The van der Waals surface area contributed by atoms with Gasteiger partial charge < -0.3 is 15.1 Å². The van der Waals surface area contributed by atoms with Gasteiger partial charge in [-0.2, -0.15) is 0 Å². The number of hydrogen-bond donors (Lipinski definition) is 2. The lowest BCUT2D eigenvalue weighted by atomic mass is 10.1. The number of piperidine rings is 1. The van der Waals surface area contributed by atoms with E-state index in [-0.39, 0.29) is 30.0 Å². The second-order valence-corrected chi connectivity index (χ2v) is 8.90. The fraction of sp³-hybridized carbons (Fsp3) is 0.591. The topological polar surface area (TPSA) is 56.0 Å². The molecule has 1 unspecified atom stereocenters. The Balaban J connectivity index is 0.00000256. The van der Waals surface area contributed by atoms with Gasteiger partial charge in [0, 0.05) is 44.6 Å². The highest BCUT2D eigenvalue weighted by Gasteiger charge is 2.24. The molecule has 2 aromatic heterocycles. The Bertz CT molecular complexity index is 772. The highest BCUT2D eigenvalue weighted by atomic mass is 127. The van der Waals surface area contributed by atoms with Crippen molar-refractivity contribution in [1.29, 1.82) is 0 Å². The minimum atomic E-state index is 0. The Morgan fingerprint density at radius 2 is 2.07 bits per heavy atom. The molecular weight excluding hydrogens is 509 g/mol. The molecule has 0 radical (unpaired) electrons. The Hall–Kier alpha value is -1.10. The van der Waals surface area contributed by atoms with E-state index in [2.05, 4.69) is 42.9 Å². The Morgan fingerprint density at radius 1 is 1.20 bits per heavy atom. The summed E-state index contributed by atoms with van der Waals surface area (Å²) >= 11 is 1.90. The van der Waals surface area contributed by atoms with Gasteiger partial charge in [-0.25, -0.2) is 0 Å². The number of furan rings is 1. The van der Waals surface area contributed by atoms with Crippen LogP contribution in [-0.2, 0) is 13.0 Å². The molecule has 0 aliphatic carbocycles. The van der Waals surface area contributed by atoms with Crippen LogP contribution >= 0.6 is 35.3 Å². The average molecular weight is 544 g/mol. The molecule has 0 amide bonds. The van der Waals surface area contributed by atoms with Gasteiger partial charge in [0.2, 0.25) is 0 Å². The van der Waals surface area contributed by atoms with Crippen molar-refractivity contribution < 1.29 is 4.42 Å². The molecule has 6 nitrogen and oxygen atoms in total. The highest BCUT2D eigenvalue weighted by molar-refractivity contribution is 14.0. The van der Waals surface area contributed by atoms with E-state index in [0.29, 0.717) is 0 Å². The molecule has 30 heavy (non-hydrogen) atoms. The van der Waals surface area contributed by atoms with Gasteiger partial charge in [0.05, 0.1) is 12.3 Å². The van der Waals surface area contributed by atoms with Crippen molar-refractivity contribution in [2.75, 3.05) is 46.3 Å². The summed E-state index contributed by atoms with van der Waals surface area (Å²) in [7, 11) is 1.84. The van der Waals surface area contributed by atoms with E-state index in [9.17, 15) is 0 Å². The molecular formula is C22H34IN5OS. The molecule has 1 saturated heterocycles. The van der Waals surface area contributed by atoms with Crippen LogP contribution in [0.2, 0.25) is 0 Å². The number of hydrogen-bond acceptors (Lipinski definition) is 5. The molecule has 0 bridgehead atoms. The zero-order chi connectivity index (χ0) is 19.9. The third-order valence-corrected chi connectivity index (χ3v) is 7.02. The van der Waals surface area contributed by atoms with Crippen LogP contribution in [0.4, 0.5) is 0 Å². The van der Waals surface area contributed by atoms with Crippen LogP contribution in [0.1, 0.15) is 41.5 Å². The van der Waals surface area contributed by atoms with Crippen LogP contribution in [0.25, 0.3) is 0 Å². The molecule has 1 atom stereocenters. The van der Waals surface area contributed by atoms with Crippen molar-refractivity contribution in [2.45, 2.75) is 38.3 Å². The maximum absolute atomic E-state index is 5.75. The normalized spacial score (nSPS) is 19.0. The van der Waals surface area contributed by atoms with E-state index in [0.717, 1.165) is 57.5 Å². The molecule has 1 fully saturated rings. The van der Waals surface area contributed by atoms with Crippen molar-refractivity contribution >= 4 is 41.3 Å². The third kappa shape index (κ3) is 6.21. The van der Waals surface area contributed by atoms with Crippen LogP contribution < -0.4 is 10.6 Å². The lowest BCUT2D eigenvalue weighted by Gasteiger charge is -2.33. The van der Waals surface area contributed by atoms with Gasteiger partial charge in [-0.1, -0.05) is 6.42 Å². The van der Waals surface area contributed by atoms with Crippen LogP contribution in [0.5, 0.6) is 0 Å². The van der Waals surface area contributed by atoms with E-state index in [1.807, 2.05) is 24.5 Å². The summed E-state index contributed by atoms with van der Waals surface area (Å²) in [6.45, 7) is 7.23. The van der Waals surface area contributed by atoms with Crippen LogP contribution in [-0.4, -0.2) is 62.1 Å². The molecule has 2 aliphatic rings. The number of aliphatic imine (C=N–C) groups is 1. The number of thiophene rings is 1. The molecule has 2 N–H and O–H groups in total. The minimum Gasteiger partial charge on any atom is -0.468 e. The maximum Gasteiger partial charge on any atom is 0.191 e. The van der Waals surface area contributed by atoms with E-state index < -0.39 is 0 Å². The standard InChI is InChI=1S/C22H33N5OS.HI/c1-23-22(24-9-13-26-12-7-21-18(17-26)8-15-29-21)25-16-19(20-6-5-14-28-20)27-10-3-2-4-11-27;/h5-6,8,14-15,19H,2-4,7,9-13,16-17H2,1H3,(H2,23,24,25);1H. The number of halogens is 1. The number of nitrogens with one attached hydrogen (secondary N) is 2. The monoisotopic (exact) mass is 543 g/mol. The van der Waals surface area contributed by atoms with Crippen LogP contribution in [0.3, 0.4) is 0 Å². The smallest absolute Gasteiger partial charge is 0.191 e. The molecule has 4 heterocycles. The molecule has 8 heteroatoms. The predicted molar refractivity (Wildman–Crippen MR) is 135 cm³/mol. The van der Waals surface area contributed by atoms with Gasteiger partial charge in [-0.3, -0.25) is 14.8 Å². The van der Waals surface area contributed by atoms with Crippen molar-refractivity contribution in [3.05, 3.63) is 46.0 Å². The predicted octanol–water partition coefficient (Wildman–Crippen LogP) is 3.71. The first kappa shape index (κ1) is 23.6. The summed E-state index contributed by atoms with van der Waals surface area (Å²) in [5.74, 6) is 1.90. The maximum atomic E-state index is 5.75. The Morgan fingerprint density at radius 3 is 2.83 bits per heavy atom. The number of guanidine groups is 1. The Labute approximate surface area is 201 Å². The first-order chi connectivity index (χ1) is 14.3. The SMILES string of the molecule is CN=C(NCCN1CCc2sccc2C1)NCC(c1ccco1)N1CCCCC1.I. The molecule has 2 aliphatic heterocycles. The Kier molecular flexibility index (Phi) is 9.48. The lowest BCUT2D eigenvalue weighted by Crippen LogP contribution is -2.46. The molecule has 166 valence electrons. The lowest BCUT2D eigenvalue weighted by molar-refractivity contribution is 0.146. The zero-order valence-corrected chi connectivity index (χ0v) is 21.0. The van der Waals surface area contributed by atoms with E-state index in [1.165, 1.54) is 31.2 Å². The van der Waals surface area contributed by atoms with Crippen molar-refractivity contribution in [1.82, 2.24) is 20.4 Å².